The molecule has 0 bridgehead atoms. The summed E-state index contributed by atoms with van der Waals surface area (Å²) < 4.78 is 116. The van der Waals surface area contributed by atoms with E-state index in [1.165, 1.54) is 0 Å². The standard InChI is InChI=1S/C9H17NO2/c10-7-9(6-8(11)12)4-2-1-3-5-9/h1-7,10H2,(H,11,12)/i1D2,2D2,3D2,4D2,5D2,7D2/hD3. The predicted molar refractivity (Wildman–Crippen MR) is 46.8 cm³/mol. The monoisotopic (exact) mass is 186 g/mol. The predicted octanol–water partition coefficient (Wildman–Crippen LogP) is 1.37. The highest BCUT2D eigenvalue weighted by Crippen LogP contribution is 2.38. The molecular formula is C9H17NO2. The van der Waals surface area contributed by atoms with Crippen LogP contribution in [0.5, 0.6) is 0 Å². The van der Waals surface area contributed by atoms with Crippen LogP contribution in [-0.4, -0.2) is 17.6 Å². The summed E-state index contributed by atoms with van der Waals surface area (Å²) in [6, 6.07) is 0. The highest BCUT2D eigenvalue weighted by atomic mass is 16.4. The summed E-state index contributed by atoms with van der Waals surface area (Å²) in [6.07, 6.45) is -21.5. The van der Waals surface area contributed by atoms with Crippen molar-refractivity contribution in [3.8, 4) is 0 Å². The van der Waals surface area contributed by atoms with E-state index in [-0.39, 0.29) is 0 Å². The van der Waals surface area contributed by atoms with Crippen molar-refractivity contribution in [3.05, 3.63) is 0 Å². The van der Waals surface area contributed by atoms with Gasteiger partial charge in [0.2, 0.25) is 0 Å². The summed E-state index contributed by atoms with van der Waals surface area (Å²) >= 11 is 0. The molecule has 1 fully saturated rings. The van der Waals surface area contributed by atoms with Crippen molar-refractivity contribution in [1.29, 1.82) is 1.43 Å². The van der Waals surface area contributed by atoms with Gasteiger partial charge in [-0.2, -0.15) is 0 Å². The zero-order valence-corrected chi connectivity index (χ0v) is 5.97. The van der Waals surface area contributed by atoms with Crippen molar-refractivity contribution in [2.45, 2.75) is 38.3 Å². The zero-order valence-electron chi connectivity index (χ0n) is 21.0. The Hall–Kier alpha value is -0.570. The van der Waals surface area contributed by atoms with Crippen LogP contribution in [0.2, 0.25) is 2.82 Å². The lowest BCUT2D eigenvalue weighted by Gasteiger charge is -2.34. The van der Waals surface area contributed by atoms with E-state index in [9.17, 15) is 4.79 Å². The van der Waals surface area contributed by atoms with Gasteiger partial charge in [-0.1, -0.05) is 19.1 Å². The van der Waals surface area contributed by atoms with Gasteiger partial charge in [0, 0.05) is 16.4 Å². The molecule has 12 heavy (non-hydrogen) atoms. The Bertz CT molecular complexity index is 584. The Labute approximate surface area is 94.2 Å². The maximum atomic E-state index is 11.7. The van der Waals surface area contributed by atoms with Gasteiger partial charge in [-0.05, 0) is 24.7 Å². The number of carboxylic acids is 1. The van der Waals surface area contributed by atoms with Crippen LogP contribution in [0, 0.1) is 5.41 Å². The molecule has 0 radical (unpaired) electrons. The third-order valence-electron chi connectivity index (χ3n) is 1.28. The van der Waals surface area contributed by atoms with Gasteiger partial charge in [-0.15, -0.1) is 0 Å². The summed E-state index contributed by atoms with van der Waals surface area (Å²) in [4.78, 5) is 11.7. The van der Waals surface area contributed by atoms with Crippen LogP contribution in [0.4, 0.5) is 0 Å². The molecule has 0 aromatic carbocycles. The first-order valence-corrected chi connectivity index (χ1v) is 3.09. The van der Waals surface area contributed by atoms with Crippen LogP contribution in [0.15, 0.2) is 0 Å². The van der Waals surface area contributed by atoms with Crippen LogP contribution in [-0.2, 0) is 4.79 Å². The van der Waals surface area contributed by atoms with E-state index in [0.717, 1.165) is 0 Å². The SMILES string of the molecule is [2H]OC(=O)CC1(C([2H])([2H])N([2H])[2H])C([2H])([2H])C([2H])([2H])C([2H])([2H])C([2H])([2H])C1([2H])[2H]. The van der Waals surface area contributed by atoms with Crippen molar-refractivity contribution in [3.63, 3.8) is 0 Å². The molecule has 0 aliphatic heterocycles. The second kappa shape index (κ2) is 3.90. The molecule has 0 amide bonds. The van der Waals surface area contributed by atoms with Gasteiger partial charge in [0.05, 0.1) is 6.42 Å². The Morgan fingerprint density at radius 2 is 2.50 bits per heavy atom. The van der Waals surface area contributed by atoms with Crippen LogP contribution in [0.25, 0.3) is 1.43 Å². The van der Waals surface area contributed by atoms with E-state index in [4.69, 9.17) is 20.7 Å². The van der Waals surface area contributed by atoms with Crippen LogP contribution >= 0.6 is 0 Å². The first kappa shape index (κ1) is 1.78. The molecule has 1 saturated carbocycles. The second-order valence-electron chi connectivity index (χ2n) is 2.19. The van der Waals surface area contributed by atoms with E-state index in [2.05, 4.69) is 5.11 Å². The molecule has 0 saturated heterocycles. The molecule has 3 heteroatoms. The molecule has 0 aromatic rings. The van der Waals surface area contributed by atoms with Crippen molar-refractivity contribution in [1.82, 2.24) is 0 Å². The van der Waals surface area contributed by atoms with E-state index in [0.29, 0.717) is 0 Å². The lowest BCUT2D eigenvalue weighted by molar-refractivity contribution is -0.140. The Kier molecular flexibility index (Phi) is 0.578. The lowest BCUT2D eigenvalue weighted by atomic mass is 9.72. The van der Waals surface area contributed by atoms with Crippen LogP contribution < -0.4 is 5.72 Å². The minimum atomic E-state index is -3.99. The van der Waals surface area contributed by atoms with E-state index >= 15 is 0 Å². The zero-order chi connectivity index (χ0) is 22.1. The number of carbonyl (C=O) groups is 1. The Morgan fingerprint density at radius 3 is 3.08 bits per heavy atom. The van der Waals surface area contributed by atoms with E-state index in [1.807, 2.05) is 0 Å². The van der Waals surface area contributed by atoms with Crippen molar-refractivity contribution in [2.75, 3.05) is 6.50 Å². The van der Waals surface area contributed by atoms with Gasteiger partial charge in [-0.25, -0.2) is 0 Å². The van der Waals surface area contributed by atoms with Crippen molar-refractivity contribution < 1.29 is 29.2 Å². The van der Waals surface area contributed by atoms with Gasteiger partial charge in [0.25, 0.3) is 1.43 Å². The van der Waals surface area contributed by atoms with E-state index in [1.54, 1.807) is 0 Å². The number of carboxylic acid groups (broad SMARTS) is 1. The van der Waals surface area contributed by atoms with Crippen LogP contribution in [0.1, 0.15) is 54.7 Å². The molecule has 3 nitrogen and oxygen atoms in total. The Morgan fingerprint density at radius 1 is 1.75 bits per heavy atom. The van der Waals surface area contributed by atoms with Gasteiger partial charge < -0.3 is 10.8 Å². The maximum absolute atomic E-state index is 11.7. The topological polar surface area (TPSA) is 63.3 Å². The molecule has 1 aliphatic rings. The smallest absolute Gasteiger partial charge is 0.303 e. The highest BCUT2D eigenvalue weighted by molar-refractivity contribution is 5.67. The number of hydrogen-bond donors (Lipinski definition) is 2. The summed E-state index contributed by atoms with van der Waals surface area (Å²) in [5, 5.41) is 3.56. The van der Waals surface area contributed by atoms with Gasteiger partial charge >= 0.3 is 5.97 Å². The molecule has 3 N–H and O–H groups in total. The fourth-order valence-corrected chi connectivity index (χ4v) is 0.739. The fourth-order valence-electron chi connectivity index (χ4n) is 0.739. The Balaban J connectivity index is 4.17. The number of hydrogen-bond acceptors (Lipinski definition) is 3. The number of nitrogens with two attached hydrogens (primary N) is 1. The van der Waals surface area contributed by atoms with Crippen LogP contribution in [0.3, 0.4) is 0 Å². The second-order valence-corrected chi connectivity index (χ2v) is 2.19. The molecule has 0 atom stereocenters. The average Bonchev–Trinajstić information content (AvgIpc) is 2.49. The molecule has 1 rings (SSSR count). The quantitative estimate of drug-likeness (QED) is 0.697. The molecule has 0 spiro atoms. The molecule has 0 heterocycles. The summed E-state index contributed by atoms with van der Waals surface area (Å²) in [5.41, 5.74) is -4.65. The summed E-state index contributed by atoms with van der Waals surface area (Å²) in [7, 11) is 0. The largest absolute Gasteiger partial charge is 0.481 e. The summed E-state index contributed by atoms with van der Waals surface area (Å²) in [5.74, 6) is -1.79. The van der Waals surface area contributed by atoms with Gasteiger partial charge in [0.15, 0.2) is 0 Å². The normalized spacial score (nSPS) is 62.6. The first-order valence-electron chi connectivity index (χ1n) is 10.4. The fraction of sp³-hybridized carbons (Fsp3) is 0.889. The minimum absolute atomic E-state index is 0.854. The third-order valence-corrected chi connectivity index (χ3v) is 1.28. The van der Waals surface area contributed by atoms with E-state index < -0.39 is 61.9 Å². The minimum Gasteiger partial charge on any atom is -0.481 e. The first-order chi connectivity index (χ1) is 11.6. The van der Waals surface area contributed by atoms with Gasteiger partial charge in [0.1, 0.15) is 2.82 Å². The number of rotatable bonds is 4. The highest BCUT2D eigenvalue weighted by Gasteiger charge is 2.32. The molecular weight excluding hydrogens is 154 g/mol. The van der Waals surface area contributed by atoms with Crippen molar-refractivity contribution in [2.24, 2.45) is 11.1 Å². The summed E-state index contributed by atoms with van der Waals surface area (Å²) in [6.45, 7) is -3.87. The lowest BCUT2D eigenvalue weighted by Crippen LogP contribution is -2.34. The van der Waals surface area contributed by atoms with Gasteiger partial charge in [-0.3, -0.25) is 4.79 Å². The third kappa shape index (κ3) is 2.21. The number of aliphatic carboxylic acids is 1. The molecule has 0 aromatic heterocycles. The molecule has 70 valence electrons. The van der Waals surface area contributed by atoms with Crippen molar-refractivity contribution >= 4 is 5.97 Å². The molecule has 1 aliphatic carbocycles. The average molecular weight is 186 g/mol. The molecule has 0 unspecified atom stereocenters. The maximum Gasteiger partial charge on any atom is 0.303 e.